The Kier molecular flexibility index (Phi) is 7.83. The van der Waals surface area contributed by atoms with Crippen LogP contribution in [0, 0.1) is 6.92 Å². The van der Waals surface area contributed by atoms with Gasteiger partial charge in [-0.25, -0.2) is 0 Å². The molecule has 0 bridgehead atoms. The van der Waals surface area contributed by atoms with Gasteiger partial charge in [0.05, 0.1) is 26.4 Å². The van der Waals surface area contributed by atoms with Crippen molar-refractivity contribution in [2.75, 3.05) is 39.6 Å². The van der Waals surface area contributed by atoms with Gasteiger partial charge in [0, 0.05) is 6.61 Å². The fraction of sp³-hybridized carbons (Fsp3) is 0.875. The van der Waals surface area contributed by atoms with Gasteiger partial charge in [-0.05, 0) is 6.92 Å². The van der Waals surface area contributed by atoms with Gasteiger partial charge >= 0.3 is 6.18 Å². The minimum absolute atomic E-state index is 0.0656. The molecule has 0 aliphatic carbocycles. The van der Waals surface area contributed by atoms with Crippen LogP contribution in [0.15, 0.2) is 0 Å². The van der Waals surface area contributed by atoms with Crippen molar-refractivity contribution in [1.29, 1.82) is 0 Å². The zero-order chi connectivity index (χ0) is 10.9. The van der Waals surface area contributed by atoms with Gasteiger partial charge < -0.3 is 14.2 Å². The maximum Gasteiger partial charge on any atom is 0.411 e. The van der Waals surface area contributed by atoms with E-state index in [1.54, 1.807) is 0 Å². The summed E-state index contributed by atoms with van der Waals surface area (Å²) in [4.78, 5) is 0. The van der Waals surface area contributed by atoms with E-state index in [0.29, 0.717) is 19.8 Å². The predicted octanol–water partition coefficient (Wildman–Crippen LogP) is 1.43. The maximum atomic E-state index is 11.5. The number of ether oxygens (including phenoxy) is 3. The molecule has 0 N–H and O–H groups in total. The standard InChI is InChI=1S/C8H14F3O3/c1-2-12-3-4-13-5-6-14-7-8(9,10)11/h1-7H2. The molecule has 0 unspecified atom stereocenters. The molecule has 3 nitrogen and oxygen atoms in total. The average molecular weight is 215 g/mol. The molecule has 0 aromatic rings. The molecule has 0 atom stereocenters. The lowest BCUT2D eigenvalue weighted by atomic mass is 10.7. The van der Waals surface area contributed by atoms with Crippen molar-refractivity contribution in [2.45, 2.75) is 6.18 Å². The van der Waals surface area contributed by atoms with Crippen molar-refractivity contribution in [2.24, 2.45) is 0 Å². The second-order valence-corrected chi connectivity index (χ2v) is 2.39. The molecule has 6 heteroatoms. The highest BCUT2D eigenvalue weighted by molar-refractivity contribution is 4.45. The fourth-order valence-corrected chi connectivity index (χ4v) is 0.628. The number of hydrogen-bond donors (Lipinski definition) is 0. The van der Waals surface area contributed by atoms with E-state index >= 15 is 0 Å². The molecule has 0 heterocycles. The van der Waals surface area contributed by atoms with Gasteiger partial charge in [0.15, 0.2) is 0 Å². The number of hydrogen-bond acceptors (Lipinski definition) is 3. The minimum atomic E-state index is -4.27. The first-order valence-electron chi connectivity index (χ1n) is 4.15. The maximum absolute atomic E-state index is 11.5. The van der Waals surface area contributed by atoms with E-state index in [-0.39, 0.29) is 13.2 Å². The number of alkyl halides is 3. The number of halogens is 3. The molecule has 0 saturated heterocycles. The zero-order valence-electron chi connectivity index (χ0n) is 7.81. The Labute approximate surface area is 81.1 Å². The molecule has 0 rings (SSSR count). The Hall–Kier alpha value is -0.330. The number of rotatable bonds is 8. The summed E-state index contributed by atoms with van der Waals surface area (Å²) >= 11 is 0. The predicted molar refractivity (Wildman–Crippen MR) is 43.9 cm³/mol. The molecule has 0 saturated carbocycles. The third-order valence-corrected chi connectivity index (χ3v) is 1.15. The third-order valence-electron chi connectivity index (χ3n) is 1.15. The van der Waals surface area contributed by atoms with E-state index in [4.69, 9.17) is 9.47 Å². The van der Waals surface area contributed by atoms with Crippen LogP contribution in [-0.2, 0) is 14.2 Å². The van der Waals surface area contributed by atoms with Crippen LogP contribution < -0.4 is 0 Å². The van der Waals surface area contributed by atoms with E-state index < -0.39 is 12.8 Å². The molecule has 1 radical (unpaired) electrons. The van der Waals surface area contributed by atoms with Crippen molar-refractivity contribution in [3.05, 3.63) is 6.92 Å². The average Bonchev–Trinajstić information content (AvgIpc) is 2.08. The highest BCUT2D eigenvalue weighted by atomic mass is 19.4. The Morgan fingerprint density at radius 2 is 1.36 bits per heavy atom. The lowest BCUT2D eigenvalue weighted by molar-refractivity contribution is -0.176. The highest BCUT2D eigenvalue weighted by Gasteiger charge is 2.27. The smallest absolute Gasteiger partial charge is 0.379 e. The quantitative estimate of drug-likeness (QED) is 0.573. The molecule has 14 heavy (non-hydrogen) atoms. The van der Waals surface area contributed by atoms with E-state index in [2.05, 4.69) is 11.7 Å². The molecule has 0 spiro atoms. The summed E-state index contributed by atoms with van der Waals surface area (Å²) < 4.78 is 48.7. The van der Waals surface area contributed by atoms with Crippen molar-refractivity contribution in [3.8, 4) is 0 Å². The molecule has 0 aromatic heterocycles. The van der Waals surface area contributed by atoms with Crippen LogP contribution in [0.4, 0.5) is 13.2 Å². The van der Waals surface area contributed by atoms with Gasteiger partial charge in [0.1, 0.15) is 6.61 Å². The third kappa shape index (κ3) is 11.7. The van der Waals surface area contributed by atoms with Gasteiger partial charge in [-0.2, -0.15) is 13.2 Å². The largest absolute Gasteiger partial charge is 0.411 e. The van der Waals surface area contributed by atoms with Crippen LogP contribution in [-0.4, -0.2) is 45.8 Å². The topological polar surface area (TPSA) is 27.7 Å². The van der Waals surface area contributed by atoms with Gasteiger partial charge in [-0.1, -0.05) is 0 Å². The van der Waals surface area contributed by atoms with Crippen LogP contribution >= 0.6 is 0 Å². The van der Waals surface area contributed by atoms with Gasteiger partial charge in [-0.3, -0.25) is 0 Å². The first-order valence-corrected chi connectivity index (χ1v) is 4.15. The fourth-order valence-electron chi connectivity index (χ4n) is 0.628. The molecular weight excluding hydrogens is 201 g/mol. The highest BCUT2D eigenvalue weighted by Crippen LogP contribution is 2.13. The summed E-state index contributed by atoms with van der Waals surface area (Å²) in [5.41, 5.74) is 0. The molecule has 0 fully saturated rings. The Morgan fingerprint density at radius 1 is 0.857 bits per heavy atom. The van der Waals surface area contributed by atoms with E-state index in [0.717, 1.165) is 0 Å². The molecule has 0 amide bonds. The van der Waals surface area contributed by atoms with E-state index in [1.807, 2.05) is 0 Å². The summed E-state index contributed by atoms with van der Waals surface area (Å²) in [5, 5.41) is 0. The first kappa shape index (κ1) is 13.7. The molecule has 85 valence electrons. The second-order valence-electron chi connectivity index (χ2n) is 2.39. The SMILES string of the molecule is [CH2]COCCOCCOCC(F)(F)F. The summed E-state index contributed by atoms with van der Waals surface area (Å²) in [6.45, 7) is 3.36. The Bertz CT molecular complexity index is 127. The van der Waals surface area contributed by atoms with E-state index in [9.17, 15) is 13.2 Å². The lowest BCUT2D eigenvalue weighted by Gasteiger charge is -2.07. The molecular formula is C8H14F3O3. The van der Waals surface area contributed by atoms with Crippen LogP contribution in [0.5, 0.6) is 0 Å². The van der Waals surface area contributed by atoms with Crippen LogP contribution in [0.3, 0.4) is 0 Å². The van der Waals surface area contributed by atoms with E-state index in [1.165, 1.54) is 0 Å². The summed E-state index contributed by atoms with van der Waals surface area (Å²) in [5.74, 6) is 0. The van der Waals surface area contributed by atoms with Crippen molar-refractivity contribution in [3.63, 3.8) is 0 Å². The second kappa shape index (κ2) is 8.02. The van der Waals surface area contributed by atoms with Crippen molar-refractivity contribution < 1.29 is 27.4 Å². The van der Waals surface area contributed by atoms with Crippen LogP contribution in [0.25, 0.3) is 0 Å². The molecule has 0 aliphatic heterocycles. The molecule has 0 aliphatic rings. The van der Waals surface area contributed by atoms with Gasteiger partial charge in [0.25, 0.3) is 0 Å². The summed E-state index contributed by atoms with van der Waals surface area (Å²) in [6.07, 6.45) is -4.27. The molecule has 0 aromatic carbocycles. The van der Waals surface area contributed by atoms with Crippen LogP contribution in [0.1, 0.15) is 0 Å². The first-order chi connectivity index (χ1) is 6.56. The minimum Gasteiger partial charge on any atom is -0.379 e. The van der Waals surface area contributed by atoms with Gasteiger partial charge in [-0.15, -0.1) is 0 Å². The van der Waals surface area contributed by atoms with Gasteiger partial charge in [0.2, 0.25) is 0 Å². The van der Waals surface area contributed by atoms with Crippen molar-refractivity contribution in [1.82, 2.24) is 0 Å². The zero-order valence-corrected chi connectivity index (χ0v) is 7.81. The Morgan fingerprint density at radius 3 is 1.86 bits per heavy atom. The van der Waals surface area contributed by atoms with Crippen LogP contribution in [0.2, 0.25) is 0 Å². The summed E-state index contributed by atoms with van der Waals surface area (Å²) in [6, 6.07) is 0. The van der Waals surface area contributed by atoms with Crippen molar-refractivity contribution >= 4 is 0 Å². The Balaban J connectivity index is 2.99. The lowest BCUT2D eigenvalue weighted by Crippen LogP contribution is -2.19. The monoisotopic (exact) mass is 215 g/mol. The summed E-state index contributed by atoms with van der Waals surface area (Å²) in [7, 11) is 0. The normalized spacial score (nSPS) is 12.0.